The van der Waals surface area contributed by atoms with Gasteiger partial charge >= 0.3 is 12.1 Å². The lowest BCUT2D eigenvalue weighted by Gasteiger charge is -2.20. The minimum atomic E-state index is -0.452. The number of ether oxygens (including phenoxy) is 2. The number of hydrogen-bond donors (Lipinski definition) is 2. The molecule has 3 aromatic carbocycles. The maximum atomic E-state index is 12.7. The second kappa shape index (κ2) is 9.87. The number of nitrogens with zero attached hydrogens (tertiary/aromatic N) is 1. The maximum Gasteiger partial charge on any atom is 0.414 e. The van der Waals surface area contributed by atoms with Crippen molar-refractivity contribution in [1.29, 1.82) is 0 Å². The predicted octanol–water partition coefficient (Wildman–Crippen LogP) is 4.11. The van der Waals surface area contributed by atoms with Crippen LogP contribution in [0.5, 0.6) is 5.75 Å². The van der Waals surface area contributed by atoms with Gasteiger partial charge in [-0.25, -0.2) is 9.59 Å². The number of nitrogens with one attached hydrogen (secondary N) is 2. The number of hydrogen-bond acceptors (Lipinski definition) is 4. The topological polar surface area (TPSA) is 79.9 Å². The van der Waals surface area contributed by atoms with Crippen LogP contribution in [0, 0.1) is 0 Å². The van der Waals surface area contributed by atoms with Gasteiger partial charge in [0.2, 0.25) is 0 Å². The van der Waals surface area contributed by atoms with E-state index in [4.69, 9.17) is 9.47 Å². The molecule has 7 heteroatoms. The van der Waals surface area contributed by atoms with Crippen LogP contribution in [0.1, 0.15) is 17.2 Å². The molecule has 3 amide bonds. The van der Waals surface area contributed by atoms with Crippen LogP contribution in [0.2, 0.25) is 0 Å². The van der Waals surface area contributed by atoms with Crippen LogP contribution >= 0.6 is 0 Å². The largest absolute Gasteiger partial charge is 0.497 e. The molecule has 0 spiro atoms. The van der Waals surface area contributed by atoms with E-state index in [-0.39, 0.29) is 18.6 Å². The number of amides is 3. The van der Waals surface area contributed by atoms with Crippen molar-refractivity contribution in [3.05, 3.63) is 96.1 Å². The fraction of sp³-hybridized carbons (Fsp3) is 0.200. The Kier molecular flexibility index (Phi) is 6.55. The van der Waals surface area contributed by atoms with Gasteiger partial charge in [0.05, 0.1) is 31.9 Å². The molecule has 1 aliphatic rings. The van der Waals surface area contributed by atoms with Crippen LogP contribution in [0.3, 0.4) is 0 Å². The Balaban J connectivity index is 1.37. The maximum absolute atomic E-state index is 12.7. The Morgan fingerprint density at radius 1 is 1.03 bits per heavy atom. The molecule has 1 fully saturated rings. The predicted molar refractivity (Wildman–Crippen MR) is 122 cm³/mol. The smallest absolute Gasteiger partial charge is 0.414 e. The highest BCUT2D eigenvalue weighted by Crippen LogP contribution is 2.25. The molecule has 7 nitrogen and oxygen atoms in total. The molecule has 2 N–H and O–H groups in total. The summed E-state index contributed by atoms with van der Waals surface area (Å²) in [5.41, 5.74) is 2.64. The molecular weight excluding hydrogens is 406 g/mol. The van der Waals surface area contributed by atoms with Gasteiger partial charge in [0.15, 0.2) is 0 Å². The first-order chi connectivity index (χ1) is 15.6. The highest BCUT2D eigenvalue weighted by atomic mass is 16.6. The van der Waals surface area contributed by atoms with E-state index in [9.17, 15) is 9.59 Å². The second-order valence-electron chi connectivity index (χ2n) is 7.43. The lowest BCUT2D eigenvalue weighted by atomic mass is 9.99. The van der Waals surface area contributed by atoms with Crippen molar-refractivity contribution >= 4 is 17.8 Å². The molecule has 164 valence electrons. The third kappa shape index (κ3) is 5.00. The van der Waals surface area contributed by atoms with Crippen molar-refractivity contribution in [1.82, 2.24) is 10.6 Å². The normalized spacial score (nSPS) is 15.4. The van der Waals surface area contributed by atoms with Crippen molar-refractivity contribution in [3.8, 4) is 5.75 Å². The van der Waals surface area contributed by atoms with Crippen molar-refractivity contribution in [2.24, 2.45) is 0 Å². The van der Waals surface area contributed by atoms with Crippen LogP contribution in [0.15, 0.2) is 84.9 Å². The van der Waals surface area contributed by atoms with Crippen LogP contribution in [0.4, 0.5) is 15.3 Å². The number of urea groups is 1. The second-order valence-corrected chi connectivity index (χ2v) is 7.43. The Labute approximate surface area is 187 Å². The van der Waals surface area contributed by atoms with Crippen LogP contribution < -0.4 is 20.3 Å². The molecule has 0 bridgehead atoms. The van der Waals surface area contributed by atoms with Crippen molar-refractivity contribution in [2.45, 2.75) is 12.1 Å². The molecule has 3 aromatic rings. The number of carbonyl (C=O) groups excluding carboxylic acids is 2. The van der Waals surface area contributed by atoms with Gasteiger partial charge in [-0.05, 0) is 23.3 Å². The van der Waals surface area contributed by atoms with Gasteiger partial charge in [-0.2, -0.15) is 0 Å². The van der Waals surface area contributed by atoms with Gasteiger partial charge in [-0.3, -0.25) is 4.90 Å². The van der Waals surface area contributed by atoms with E-state index in [1.54, 1.807) is 13.2 Å². The van der Waals surface area contributed by atoms with E-state index < -0.39 is 12.2 Å². The fourth-order valence-electron chi connectivity index (χ4n) is 3.66. The van der Waals surface area contributed by atoms with Gasteiger partial charge in [-0.1, -0.05) is 66.7 Å². The molecule has 0 aliphatic carbocycles. The summed E-state index contributed by atoms with van der Waals surface area (Å²) in [4.78, 5) is 26.5. The summed E-state index contributed by atoms with van der Waals surface area (Å²) in [5, 5.41) is 5.85. The third-order valence-electron chi connectivity index (χ3n) is 5.27. The van der Waals surface area contributed by atoms with Crippen molar-refractivity contribution in [3.63, 3.8) is 0 Å². The van der Waals surface area contributed by atoms with Gasteiger partial charge in [-0.15, -0.1) is 0 Å². The molecule has 4 rings (SSSR count). The number of anilines is 1. The summed E-state index contributed by atoms with van der Waals surface area (Å²) < 4.78 is 10.7. The van der Waals surface area contributed by atoms with Crippen LogP contribution in [-0.4, -0.2) is 38.4 Å². The average molecular weight is 431 g/mol. The average Bonchev–Trinajstić information content (AvgIpc) is 3.23. The Morgan fingerprint density at radius 2 is 1.69 bits per heavy atom. The molecule has 32 heavy (non-hydrogen) atoms. The molecular formula is C25H25N3O4. The molecule has 0 saturated carbocycles. The SMILES string of the molecule is COc1cccc(N2CC(CNC(=O)NC(c3ccccc3)c3ccccc3)OC2=O)c1. The zero-order valence-electron chi connectivity index (χ0n) is 17.7. The fourth-order valence-corrected chi connectivity index (χ4v) is 3.66. The first-order valence-corrected chi connectivity index (χ1v) is 10.4. The summed E-state index contributed by atoms with van der Waals surface area (Å²) >= 11 is 0. The van der Waals surface area contributed by atoms with E-state index in [0.717, 1.165) is 11.1 Å². The quantitative estimate of drug-likeness (QED) is 0.590. The van der Waals surface area contributed by atoms with Gasteiger partial charge < -0.3 is 20.1 Å². The molecule has 0 aromatic heterocycles. The van der Waals surface area contributed by atoms with E-state index in [1.807, 2.05) is 78.9 Å². The highest BCUT2D eigenvalue weighted by molar-refractivity contribution is 5.90. The molecule has 1 unspecified atom stereocenters. The Bertz CT molecular complexity index is 1020. The molecule has 0 radical (unpaired) electrons. The zero-order chi connectivity index (χ0) is 22.3. The summed E-state index contributed by atoms with van der Waals surface area (Å²) in [6, 6.07) is 26.1. The first kappa shape index (κ1) is 21.2. The van der Waals surface area contributed by atoms with E-state index in [1.165, 1.54) is 4.90 Å². The van der Waals surface area contributed by atoms with Crippen molar-refractivity contribution < 1.29 is 19.1 Å². The minimum Gasteiger partial charge on any atom is -0.497 e. The van der Waals surface area contributed by atoms with E-state index in [0.29, 0.717) is 18.0 Å². The number of carbonyl (C=O) groups is 2. The molecule has 1 saturated heterocycles. The van der Waals surface area contributed by atoms with Gasteiger partial charge in [0, 0.05) is 6.07 Å². The van der Waals surface area contributed by atoms with Gasteiger partial charge in [0.25, 0.3) is 0 Å². The van der Waals surface area contributed by atoms with Gasteiger partial charge in [0.1, 0.15) is 11.9 Å². The molecule has 1 atom stereocenters. The minimum absolute atomic E-state index is 0.203. The lowest BCUT2D eigenvalue weighted by Crippen LogP contribution is -2.42. The highest BCUT2D eigenvalue weighted by Gasteiger charge is 2.32. The summed E-state index contributed by atoms with van der Waals surface area (Å²) in [6.07, 6.45) is -0.900. The summed E-state index contributed by atoms with van der Waals surface area (Å²) in [5.74, 6) is 0.657. The standard InChI is InChI=1S/C25H25N3O4/c1-31-21-14-8-13-20(15-21)28-17-22(32-25(28)30)16-26-24(29)27-23(18-9-4-2-5-10-18)19-11-6-3-7-12-19/h2-15,22-23H,16-17H2,1H3,(H2,26,27,29). The summed E-state index contributed by atoms with van der Waals surface area (Å²) in [7, 11) is 1.57. The molecule has 1 aliphatic heterocycles. The Hall–Kier alpha value is -4.00. The van der Waals surface area contributed by atoms with E-state index in [2.05, 4.69) is 10.6 Å². The van der Waals surface area contributed by atoms with Crippen LogP contribution in [0.25, 0.3) is 0 Å². The lowest BCUT2D eigenvalue weighted by molar-refractivity contribution is 0.140. The van der Waals surface area contributed by atoms with Crippen LogP contribution in [-0.2, 0) is 4.74 Å². The van der Waals surface area contributed by atoms with E-state index >= 15 is 0 Å². The number of cyclic esters (lactones) is 1. The number of rotatable bonds is 7. The Morgan fingerprint density at radius 3 is 2.31 bits per heavy atom. The third-order valence-corrected chi connectivity index (χ3v) is 5.27. The monoisotopic (exact) mass is 431 g/mol. The zero-order valence-corrected chi connectivity index (χ0v) is 17.7. The van der Waals surface area contributed by atoms with Crippen molar-refractivity contribution in [2.75, 3.05) is 25.1 Å². The summed E-state index contributed by atoms with van der Waals surface area (Å²) in [6.45, 7) is 0.543. The first-order valence-electron chi connectivity index (χ1n) is 10.4. The number of methoxy groups -OCH3 is 1. The number of benzene rings is 3. The molecule has 1 heterocycles.